The average Bonchev–Trinajstić information content (AvgIpc) is 2.85. The number of thiocarbonyl (C=S) groups is 1. The molecule has 6 heteroatoms. The Morgan fingerprint density at radius 2 is 2.19 bits per heavy atom. The Morgan fingerprint density at radius 3 is 2.76 bits per heavy atom. The summed E-state index contributed by atoms with van der Waals surface area (Å²) in [4.78, 5) is 3.75. The molecular weight excluding hydrogens is 322 g/mol. The van der Waals surface area contributed by atoms with E-state index in [0.29, 0.717) is 9.76 Å². The number of aromatic amines is 1. The van der Waals surface area contributed by atoms with Gasteiger partial charge in [-0.05, 0) is 42.8 Å². The average molecular weight is 340 g/mol. The number of nitrogens with one attached hydrogen (secondary N) is 2. The van der Waals surface area contributed by atoms with Gasteiger partial charge in [0.1, 0.15) is 4.99 Å². The van der Waals surface area contributed by atoms with Crippen LogP contribution in [0.2, 0.25) is 5.02 Å². The van der Waals surface area contributed by atoms with Crippen LogP contribution in [0.5, 0.6) is 0 Å². The predicted octanol–water partition coefficient (Wildman–Crippen LogP) is 4.40. The van der Waals surface area contributed by atoms with E-state index in [4.69, 9.17) is 36.0 Å². The molecule has 3 nitrogen and oxygen atoms in total. The van der Waals surface area contributed by atoms with Gasteiger partial charge in [-0.25, -0.2) is 0 Å². The molecular formula is C15H18ClN3S2. The number of hydrogen-bond donors (Lipinski definition) is 2. The van der Waals surface area contributed by atoms with Crippen LogP contribution in [-0.2, 0) is 0 Å². The number of benzene rings is 1. The van der Waals surface area contributed by atoms with Gasteiger partial charge in [-0.15, -0.1) is 0 Å². The van der Waals surface area contributed by atoms with Crippen molar-refractivity contribution in [2.24, 2.45) is 0 Å². The van der Waals surface area contributed by atoms with Crippen LogP contribution in [0.1, 0.15) is 36.2 Å². The summed E-state index contributed by atoms with van der Waals surface area (Å²) in [5.41, 5.74) is 3.09. The molecule has 2 N–H and O–H groups in total. The highest BCUT2D eigenvalue weighted by atomic mass is 35.5. The predicted molar refractivity (Wildman–Crippen MR) is 95.0 cm³/mol. The second-order valence-corrected chi connectivity index (χ2v) is 6.06. The lowest BCUT2D eigenvalue weighted by Crippen LogP contribution is -2.23. The third kappa shape index (κ3) is 3.20. The number of hydrogen-bond acceptors (Lipinski definition) is 2. The van der Waals surface area contributed by atoms with E-state index in [2.05, 4.69) is 27.9 Å². The quantitative estimate of drug-likeness (QED) is 0.810. The molecule has 0 radical (unpaired) electrons. The minimum atomic E-state index is 0.100. The van der Waals surface area contributed by atoms with Crippen LogP contribution in [0.15, 0.2) is 24.4 Å². The fourth-order valence-electron chi connectivity index (χ4n) is 2.37. The molecule has 1 heterocycles. The Kier molecular flexibility index (Phi) is 5.19. The lowest BCUT2D eigenvalue weighted by molar-refractivity contribution is 0.556. The summed E-state index contributed by atoms with van der Waals surface area (Å²) in [6.07, 6.45) is 2.74. The normalized spacial score (nSPS) is 12.2. The molecule has 1 aromatic carbocycles. The first-order valence-electron chi connectivity index (χ1n) is 6.77. The first kappa shape index (κ1) is 16.2. The fraction of sp³-hybridized carbons (Fsp3) is 0.333. The first-order chi connectivity index (χ1) is 9.99. The molecule has 0 fully saturated rings. The van der Waals surface area contributed by atoms with Gasteiger partial charge < -0.3 is 14.9 Å². The Hall–Kier alpha value is -1.17. The zero-order chi connectivity index (χ0) is 15.6. The van der Waals surface area contributed by atoms with Gasteiger partial charge in [-0.1, -0.05) is 42.9 Å². The number of nitrogens with zero attached hydrogens (tertiary/aromatic N) is 1. The lowest BCUT2D eigenvalue weighted by atomic mass is 10.0. The molecule has 0 aliphatic carbocycles. The summed E-state index contributed by atoms with van der Waals surface area (Å²) in [6, 6.07) is 6.23. The Labute approximate surface area is 140 Å². The molecule has 0 bridgehead atoms. The second kappa shape index (κ2) is 6.73. The van der Waals surface area contributed by atoms with Gasteiger partial charge in [0.15, 0.2) is 4.77 Å². The zero-order valence-corrected chi connectivity index (χ0v) is 14.6. The van der Waals surface area contributed by atoms with Gasteiger partial charge in [0.05, 0.1) is 11.7 Å². The summed E-state index contributed by atoms with van der Waals surface area (Å²) in [6.45, 7) is 4.12. The zero-order valence-electron chi connectivity index (χ0n) is 12.2. The Bertz CT molecular complexity index is 718. The van der Waals surface area contributed by atoms with Crippen LogP contribution in [0, 0.1) is 11.7 Å². The Balaban J connectivity index is 2.56. The molecule has 1 aromatic heterocycles. The van der Waals surface area contributed by atoms with Gasteiger partial charge in [-0.2, -0.15) is 0 Å². The number of rotatable bonds is 4. The number of aromatic nitrogens is 2. The number of H-pyrrole nitrogens is 1. The SMILES string of the molecule is CCC(c1ccc(C)c(Cl)c1)n1c(C(=S)NC)c[nH]c1=S. The molecule has 112 valence electrons. The van der Waals surface area contributed by atoms with Crippen molar-refractivity contribution in [3.8, 4) is 0 Å². The highest BCUT2D eigenvalue weighted by Crippen LogP contribution is 2.28. The van der Waals surface area contributed by atoms with Crippen molar-refractivity contribution in [2.45, 2.75) is 26.3 Å². The number of imidazole rings is 1. The van der Waals surface area contributed by atoms with E-state index in [0.717, 1.165) is 28.3 Å². The monoisotopic (exact) mass is 339 g/mol. The maximum Gasteiger partial charge on any atom is 0.178 e. The summed E-state index contributed by atoms with van der Waals surface area (Å²) in [7, 11) is 1.81. The van der Waals surface area contributed by atoms with Gasteiger partial charge >= 0.3 is 0 Å². The number of halogens is 1. The van der Waals surface area contributed by atoms with Crippen molar-refractivity contribution in [1.29, 1.82) is 0 Å². The molecule has 0 aliphatic heterocycles. The van der Waals surface area contributed by atoms with Gasteiger partial charge in [0.25, 0.3) is 0 Å². The largest absolute Gasteiger partial charge is 0.378 e. The summed E-state index contributed by atoms with van der Waals surface area (Å²) >= 11 is 17.1. The first-order valence-corrected chi connectivity index (χ1v) is 7.97. The minimum absolute atomic E-state index is 0.100. The van der Waals surface area contributed by atoms with E-state index in [1.54, 1.807) is 0 Å². The van der Waals surface area contributed by atoms with Gasteiger partial charge in [0.2, 0.25) is 0 Å². The topological polar surface area (TPSA) is 32.8 Å². The Morgan fingerprint density at radius 1 is 1.48 bits per heavy atom. The van der Waals surface area contributed by atoms with Gasteiger partial charge in [-0.3, -0.25) is 0 Å². The van der Waals surface area contributed by atoms with E-state index in [-0.39, 0.29) is 6.04 Å². The van der Waals surface area contributed by atoms with E-state index >= 15 is 0 Å². The molecule has 21 heavy (non-hydrogen) atoms. The molecule has 0 amide bonds. The molecule has 0 saturated heterocycles. The summed E-state index contributed by atoms with van der Waals surface area (Å²) in [5.74, 6) is 0. The van der Waals surface area contributed by atoms with Crippen molar-refractivity contribution >= 4 is 41.0 Å². The van der Waals surface area contributed by atoms with E-state index in [9.17, 15) is 0 Å². The number of aryl methyl sites for hydroxylation is 1. The molecule has 0 spiro atoms. The summed E-state index contributed by atoms with van der Waals surface area (Å²) in [5, 5.41) is 3.77. The van der Waals surface area contributed by atoms with Crippen molar-refractivity contribution in [1.82, 2.24) is 14.9 Å². The third-order valence-electron chi connectivity index (χ3n) is 3.55. The van der Waals surface area contributed by atoms with Crippen LogP contribution >= 0.6 is 36.0 Å². The third-order valence-corrected chi connectivity index (χ3v) is 4.68. The van der Waals surface area contributed by atoms with Crippen molar-refractivity contribution in [3.05, 3.63) is 51.0 Å². The standard InChI is InChI=1S/C15H18ClN3S2/c1-4-12(10-6-5-9(2)11(16)7-10)19-13(14(20)17-3)8-18-15(19)21/h5-8,12H,4H2,1-3H3,(H,17,20)(H,18,21). The molecule has 0 saturated carbocycles. The maximum absolute atomic E-state index is 6.26. The summed E-state index contributed by atoms with van der Waals surface area (Å²) < 4.78 is 2.71. The van der Waals surface area contributed by atoms with E-state index < -0.39 is 0 Å². The highest BCUT2D eigenvalue weighted by Gasteiger charge is 2.18. The molecule has 1 unspecified atom stereocenters. The van der Waals surface area contributed by atoms with Crippen LogP contribution in [-0.4, -0.2) is 21.6 Å². The van der Waals surface area contributed by atoms with Gasteiger partial charge in [0, 0.05) is 18.3 Å². The maximum atomic E-state index is 6.26. The van der Waals surface area contributed by atoms with Crippen molar-refractivity contribution < 1.29 is 0 Å². The van der Waals surface area contributed by atoms with E-state index in [1.807, 2.05) is 32.3 Å². The lowest BCUT2D eigenvalue weighted by Gasteiger charge is -2.21. The van der Waals surface area contributed by atoms with Crippen LogP contribution in [0.4, 0.5) is 0 Å². The fourth-order valence-corrected chi connectivity index (χ4v) is 3.01. The van der Waals surface area contributed by atoms with E-state index in [1.165, 1.54) is 0 Å². The van der Waals surface area contributed by atoms with Crippen LogP contribution in [0.25, 0.3) is 0 Å². The minimum Gasteiger partial charge on any atom is -0.378 e. The molecule has 2 rings (SSSR count). The molecule has 0 aliphatic rings. The van der Waals surface area contributed by atoms with Crippen molar-refractivity contribution in [2.75, 3.05) is 7.05 Å². The molecule has 2 aromatic rings. The second-order valence-electron chi connectivity index (χ2n) is 4.86. The van der Waals surface area contributed by atoms with Crippen molar-refractivity contribution in [3.63, 3.8) is 0 Å². The smallest absolute Gasteiger partial charge is 0.178 e. The molecule has 1 atom stereocenters. The highest BCUT2D eigenvalue weighted by molar-refractivity contribution is 7.80. The van der Waals surface area contributed by atoms with Crippen LogP contribution in [0.3, 0.4) is 0 Å². The van der Waals surface area contributed by atoms with Crippen LogP contribution < -0.4 is 5.32 Å².